The van der Waals surface area contributed by atoms with E-state index in [0.717, 1.165) is 18.6 Å². The summed E-state index contributed by atoms with van der Waals surface area (Å²) in [6.45, 7) is 4.66. The molecule has 0 aromatic heterocycles. The van der Waals surface area contributed by atoms with Crippen molar-refractivity contribution in [1.82, 2.24) is 0 Å². The van der Waals surface area contributed by atoms with Crippen LogP contribution in [0.25, 0.3) is 0 Å². The number of methoxy groups -OCH3 is 1. The van der Waals surface area contributed by atoms with E-state index in [1.165, 1.54) is 12.8 Å². The highest BCUT2D eigenvalue weighted by molar-refractivity contribution is 5.55. The van der Waals surface area contributed by atoms with Crippen molar-refractivity contribution in [3.63, 3.8) is 0 Å². The molecule has 1 aromatic rings. The molecule has 0 unspecified atom stereocenters. The number of rotatable bonds is 3. The predicted molar refractivity (Wildman–Crippen MR) is 74.1 cm³/mol. The van der Waals surface area contributed by atoms with Gasteiger partial charge in [0.25, 0.3) is 0 Å². The standard InChI is InChI=1S/C15H23NO2/c1-15(2)8-6-11(7-9-15)18-12-4-5-13(16)14(10-12)17-3/h4-5,10-11H,6-9,16H2,1-3H3. The molecule has 0 atom stereocenters. The molecule has 0 bridgehead atoms. The maximum absolute atomic E-state index is 6.01. The third kappa shape index (κ3) is 3.09. The van der Waals surface area contributed by atoms with E-state index in [0.29, 0.717) is 23.0 Å². The molecular weight excluding hydrogens is 226 g/mol. The van der Waals surface area contributed by atoms with Gasteiger partial charge in [0.15, 0.2) is 0 Å². The Bertz CT molecular complexity index is 405. The number of nitrogens with two attached hydrogens (primary N) is 1. The first-order valence-electron chi connectivity index (χ1n) is 6.60. The van der Waals surface area contributed by atoms with Crippen molar-refractivity contribution >= 4 is 5.69 Å². The van der Waals surface area contributed by atoms with Gasteiger partial charge in [-0.1, -0.05) is 13.8 Å². The van der Waals surface area contributed by atoms with Crippen LogP contribution < -0.4 is 15.2 Å². The molecule has 18 heavy (non-hydrogen) atoms. The molecule has 1 saturated carbocycles. The lowest BCUT2D eigenvalue weighted by Crippen LogP contribution is -2.28. The van der Waals surface area contributed by atoms with Crippen LogP contribution in [0.15, 0.2) is 18.2 Å². The predicted octanol–water partition coefficient (Wildman–Crippen LogP) is 3.63. The van der Waals surface area contributed by atoms with E-state index >= 15 is 0 Å². The average Bonchev–Trinajstić information content (AvgIpc) is 2.34. The highest BCUT2D eigenvalue weighted by Gasteiger charge is 2.27. The third-order valence-corrected chi connectivity index (χ3v) is 3.79. The van der Waals surface area contributed by atoms with Gasteiger partial charge in [0, 0.05) is 6.07 Å². The first-order valence-corrected chi connectivity index (χ1v) is 6.60. The number of anilines is 1. The highest BCUT2D eigenvalue weighted by atomic mass is 16.5. The molecule has 1 aliphatic carbocycles. The maximum Gasteiger partial charge on any atom is 0.145 e. The Morgan fingerprint density at radius 1 is 1.22 bits per heavy atom. The second-order valence-electron chi connectivity index (χ2n) is 5.89. The van der Waals surface area contributed by atoms with E-state index < -0.39 is 0 Å². The smallest absolute Gasteiger partial charge is 0.145 e. The fourth-order valence-electron chi connectivity index (χ4n) is 2.45. The summed E-state index contributed by atoms with van der Waals surface area (Å²) >= 11 is 0. The second kappa shape index (κ2) is 5.09. The molecule has 0 saturated heterocycles. The average molecular weight is 249 g/mol. The Hall–Kier alpha value is -1.38. The zero-order valence-electron chi connectivity index (χ0n) is 11.5. The molecular formula is C15H23NO2. The van der Waals surface area contributed by atoms with Crippen LogP contribution in [0.1, 0.15) is 39.5 Å². The first-order chi connectivity index (χ1) is 8.50. The van der Waals surface area contributed by atoms with Crippen molar-refractivity contribution < 1.29 is 9.47 Å². The molecule has 1 fully saturated rings. The summed E-state index contributed by atoms with van der Waals surface area (Å²) in [5.41, 5.74) is 6.91. The van der Waals surface area contributed by atoms with Gasteiger partial charge in [-0.25, -0.2) is 0 Å². The Labute approximate surface area is 109 Å². The summed E-state index contributed by atoms with van der Waals surface area (Å²) in [7, 11) is 1.62. The fourth-order valence-corrected chi connectivity index (χ4v) is 2.45. The topological polar surface area (TPSA) is 44.5 Å². The van der Waals surface area contributed by atoms with Crippen LogP contribution in [-0.2, 0) is 0 Å². The van der Waals surface area contributed by atoms with Crippen molar-refractivity contribution in [2.45, 2.75) is 45.6 Å². The van der Waals surface area contributed by atoms with Crippen LogP contribution in [0.5, 0.6) is 11.5 Å². The summed E-state index contributed by atoms with van der Waals surface area (Å²) in [6, 6.07) is 5.62. The first kappa shape index (κ1) is 13.1. The minimum absolute atomic E-state index is 0.325. The Kier molecular flexibility index (Phi) is 3.69. The summed E-state index contributed by atoms with van der Waals surface area (Å²) in [5, 5.41) is 0. The monoisotopic (exact) mass is 249 g/mol. The molecule has 1 aliphatic rings. The molecule has 1 aromatic carbocycles. The summed E-state index contributed by atoms with van der Waals surface area (Å²) in [4.78, 5) is 0. The number of ether oxygens (including phenoxy) is 2. The van der Waals surface area contributed by atoms with Gasteiger partial charge < -0.3 is 15.2 Å². The lowest BCUT2D eigenvalue weighted by Gasteiger charge is -2.34. The van der Waals surface area contributed by atoms with E-state index in [1.54, 1.807) is 7.11 Å². The SMILES string of the molecule is COc1cc(OC2CCC(C)(C)CC2)ccc1N. The molecule has 2 N–H and O–H groups in total. The summed E-state index contributed by atoms with van der Waals surface area (Å²) in [5.74, 6) is 1.54. The van der Waals surface area contributed by atoms with Crippen molar-refractivity contribution in [3.05, 3.63) is 18.2 Å². The number of benzene rings is 1. The number of nitrogen functional groups attached to an aromatic ring is 1. The minimum Gasteiger partial charge on any atom is -0.494 e. The summed E-state index contributed by atoms with van der Waals surface area (Å²) in [6.07, 6.45) is 5.03. The lowest BCUT2D eigenvalue weighted by molar-refractivity contribution is 0.0986. The van der Waals surface area contributed by atoms with Crippen molar-refractivity contribution in [2.75, 3.05) is 12.8 Å². The molecule has 3 heteroatoms. The molecule has 0 aliphatic heterocycles. The van der Waals surface area contributed by atoms with Gasteiger partial charge in [0.05, 0.1) is 18.9 Å². The largest absolute Gasteiger partial charge is 0.494 e. The van der Waals surface area contributed by atoms with E-state index in [9.17, 15) is 0 Å². The third-order valence-electron chi connectivity index (χ3n) is 3.79. The Morgan fingerprint density at radius 3 is 2.50 bits per heavy atom. The van der Waals surface area contributed by atoms with Gasteiger partial charge in [0.1, 0.15) is 11.5 Å². The fraction of sp³-hybridized carbons (Fsp3) is 0.600. The Morgan fingerprint density at radius 2 is 1.89 bits per heavy atom. The van der Waals surface area contributed by atoms with Crippen LogP contribution in [0.2, 0.25) is 0 Å². The van der Waals surface area contributed by atoms with Crippen LogP contribution in [0.4, 0.5) is 5.69 Å². The lowest BCUT2D eigenvalue weighted by atomic mass is 9.76. The molecule has 100 valence electrons. The zero-order chi connectivity index (χ0) is 13.2. The van der Waals surface area contributed by atoms with E-state index in [1.807, 2.05) is 18.2 Å². The van der Waals surface area contributed by atoms with E-state index in [4.69, 9.17) is 15.2 Å². The van der Waals surface area contributed by atoms with Crippen molar-refractivity contribution in [3.8, 4) is 11.5 Å². The Balaban J connectivity index is 1.98. The molecule has 3 nitrogen and oxygen atoms in total. The van der Waals surface area contributed by atoms with Gasteiger partial charge in [-0.2, -0.15) is 0 Å². The second-order valence-corrected chi connectivity index (χ2v) is 5.89. The minimum atomic E-state index is 0.325. The zero-order valence-corrected chi connectivity index (χ0v) is 11.5. The number of hydrogen-bond donors (Lipinski definition) is 1. The van der Waals surface area contributed by atoms with Gasteiger partial charge in [0.2, 0.25) is 0 Å². The maximum atomic E-state index is 6.01. The molecule has 0 spiro atoms. The van der Waals surface area contributed by atoms with Gasteiger partial charge in [-0.15, -0.1) is 0 Å². The van der Waals surface area contributed by atoms with Gasteiger partial charge >= 0.3 is 0 Å². The van der Waals surface area contributed by atoms with Crippen LogP contribution >= 0.6 is 0 Å². The van der Waals surface area contributed by atoms with Crippen LogP contribution in [0, 0.1) is 5.41 Å². The van der Waals surface area contributed by atoms with Gasteiger partial charge in [-0.3, -0.25) is 0 Å². The normalized spacial score (nSPS) is 19.5. The van der Waals surface area contributed by atoms with Crippen molar-refractivity contribution in [1.29, 1.82) is 0 Å². The van der Waals surface area contributed by atoms with E-state index in [-0.39, 0.29) is 0 Å². The van der Waals surface area contributed by atoms with Crippen LogP contribution in [-0.4, -0.2) is 13.2 Å². The molecule has 0 heterocycles. The summed E-state index contributed by atoms with van der Waals surface area (Å²) < 4.78 is 11.2. The quantitative estimate of drug-likeness (QED) is 0.832. The van der Waals surface area contributed by atoms with E-state index in [2.05, 4.69) is 13.8 Å². The number of hydrogen-bond acceptors (Lipinski definition) is 3. The van der Waals surface area contributed by atoms with Crippen molar-refractivity contribution in [2.24, 2.45) is 5.41 Å². The highest BCUT2D eigenvalue weighted by Crippen LogP contribution is 2.37. The van der Waals surface area contributed by atoms with Crippen LogP contribution in [0.3, 0.4) is 0 Å². The molecule has 0 radical (unpaired) electrons. The molecule has 0 amide bonds. The molecule has 2 rings (SSSR count). The van der Waals surface area contributed by atoms with Gasteiger partial charge in [-0.05, 0) is 43.2 Å².